The third kappa shape index (κ3) is 4.13. The lowest BCUT2D eigenvalue weighted by Gasteiger charge is -2.26. The quantitative estimate of drug-likeness (QED) is 0.664. The third-order valence-electron chi connectivity index (χ3n) is 4.98. The van der Waals surface area contributed by atoms with Crippen LogP contribution in [0.3, 0.4) is 0 Å². The Hall–Kier alpha value is -3.39. The van der Waals surface area contributed by atoms with Crippen LogP contribution in [0.2, 0.25) is 0 Å². The number of aromatic nitrogens is 4. The van der Waals surface area contributed by atoms with E-state index in [-0.39, 0.29) is 11.9 Å². The molecule has 1 atom stereocenters. The van der Waals surface area contributed by atoms with Gasteiger partial charge in [-0.25, -0.2) is 25.0 Å². The smallest absolute Gasteiger partial charge is 0.254 e. The molecule has 0 N–H and O–H groups in total. The van der Waals surface area contributed by atoms with Crippen molar-refractivity contribution in [1.29, 1.82) is 0 Å². The van der Waals surface area contributed by atoms with E-state index in [9.17, 15) is 4.79 Å². The van der Waals surface area contributed by atoms with Gasteiger partial charge in [-0.1, -0.05) is 18.2 Å². The molecule has 0 bridgehead atoms. The van der Waals surface area contributed by atoms with E-state index in [1.807, 2.05) is 56.0 Å². The van der Waals surface area contributed by atoms with Gasteiger partial charge in [-0.2, -0.15) is 0 Å². The summed E-state index contributed by atoms with van der Waals surface area (Å²) in [5.41, 5.74) is 2.18. The maximum atomic E-state index is 13.5. The molecule has 0 spiro atoms. The average molecular weight is 404 g/mol. The Morgan fingerprint density at radius 3 is 2.60 bits per heavy atom. The van der Waals surface area contributed by atoms with E-state index < -0.39 is 0 Å². The van der Waals surface area contributed by atoms with Gasteiger partial charge in [0, 0.05) is 36.3 Å². The maximum absolute atomic E-state index is 13.5. The van der Waals surface area contributed by atoms with Crippen molar-refractivity contribution in [3.05, 3.63) is 65.9 Å². The normalized spacial score (nSPS) is 17.0. The number of hydrogen-bond acceptors (Lipinski definition) is 7. The van der Waals surface area contributed by atoms with Crippen LogP contribution < -0.4 is 5.06 Å². The second-order valence-electron chi connectivity index (χ2n) is 7.28. The minimum atomic E-state index is -0.101. The first-order valence-electron chi connectivity index (χ1n) is 9.93. The summed E-state index contributed by atoms with van der Waals surface area (Å²) in [7, 11) is 0. The SMILES string of the molecule is Cc1cc(N2CCN(C(=O)c3ccccc3-c3ncccn3)[C@H](C)CO2)nc(C)n1. The van der Waals surface area contributed by atoms with Crippen molar-refractivity contribution in [1.82, 2.24) is 24.8 Å². The molecule has 154 valence electrons. The molecule has 1 aliphatic heterocycles. The van der Waals surface area contributed by atoms with Gasteiger partial charge in [0.05, 0.1) is 24.8 Å². The minimum Gasteiger partial charge on any atom is -0.332 e. The van der Waals surface area contributed by atoms with Crippen LogP contribution in [0.1, 0.15) is 28.8 Å². The minimum absolute atomic E-state index is 0.0638. The Kier molecular flexibility index (Phi) is 5.67. The Morgan fingerprint density at radius 1 is 1.07 bits per heavy atom. The molecule has 3 aromatic rings. The topological polar surface area (TPSA) is 84.3 Å². The van der Waals surface area contributed by atoms with E-state index in [4.69, 9.17) is 4.84 Å². The molecule has 1 amide bonds. The number of carbonyl (C=O) groups is 1. The predicted molar refractivity (Wildman–Crippen MR) is 113 cm³/mol. The number of carbonyl (C=O) groups excluding carboxylic acids is 1. The molecule has 1 fully saturated rings. The summed E-state index contributed by atoms with van der Waals surface area (Å²) in [5.74, 6) is 1.87. The summed E-state index contributed by atoms with van der Waals surface area (Å²) in [6, 6.07) is 11.0. The Morgan fingerprint density at radius 2 is 1.83 bits per heavy atom. The number of nitrogens with zero attached hydrogens (tertiary/aromatic N) is 6. The van der Waals surface area contributed by atoms with Gasteiger partial charge < -0.3 is 4.90 Å². The molecule has 8 heteroatoms. The maximum Gasteiger partial charge on any atom is 0.254 e. The number of hydroxylamine groups is 1. The van der Waals surface area contributed by atoms with Gasteiger partial charge in [0.2, 0.25) is 0 Å². The fourth-order valence-corrected chi connectivity index (χ4v) is 3.54. The molecule has 0 aliphatic carbocycles. The highest BCUT2D eigenvalue weighted by Gasteiger charge is 2.29. The molecule has 1 aromatic carbocycles. The fraction of sp³-hybridized carbons (Fsp3) is 0.318. The molecule has 2 aromatic heterocycles. The lowest BCUT2D eigenvalue weighted by molar-refractivity contribution is 0.0600. The van der Waals surface area contributed by atoms with Crippen LogP contribution >= 0.6 is 0 Å². The van der Waals surface area contributed by atoms with Gasteiger partial charge >= 0.3 is 0 Å². The van der Waals surface area contributed by atoms with Crippen molar-refractivity contribution in [2.75, 3.05) is 24.8 Å². The van der Waals surface area contributed by atoms with Crippen molar-refractivity contribution in [2.45, 2.75) is 26.8 Å². The van der Waals surface area contributed by atoms with Crippen LogP contribution in [0, 0.1) is 13.8 Å². The first kappa shape index (κ1) is 19.9. The van der Waals surface area contributed by atoms with Crippen molar-refractivity contribution < 1.29 is 9.63 Å². The van der Waals surface area contributed by atoms with Crippen molar-refractivity contribution in [2.24, 2.45) is 0 Å². The third-order valence-corrected chi connectivity index (χ3v) is 4.98. The summed E-state index contributed by atoms with van der Waals surface area (Å²) >= 11 is 0. The Bertz CT molecular complexity index is 1020. The van der Waals surface area contributed by atoms with E-state index in [0.29, 0.717) is 42.7 Å². The number of aryl methyl sites for hydroxylation is 2. The van der Waals surface area contributed by atoms with Gasteiger partial charge in [0.25, 0.3) is 5.91 Å². The van der Waals surface area contributed by atoms with Crippen molar-refractivity contribution >= 4 is 11.7 Å². The first-order valence-corrected chi connectivity index (χ1v) is 9.93. The highest BCUT2D eigenvalue weighted by atomic mass is 16.7. The number of anilines is 1. The second kappa shape index (κ2) is 8.54. The highest BCUT2D eigenvalue weighted by molar-refractivity contribution is 6.00. The van der Waals surface area contributed by atoms with Gasteiger partial charge in [0.1, 0.15) is 5.82 Å². The first-order chi connectivity index (χ1) is 14.5. The molecule has 8 nitrogen and oxygen atoms in total. The Balaban J connectivity index is 1.59. The van der Waals surface area contributed by atoms with E-state index in [1.165, 1.54) is 0 Å². The standard InChI is InChI=1S/C22H24N6O2/c1-15-13-20(26-17(3)25-15)28-12-11-27(16(2)14-30-28)22(29)19-8-5-4-7-18(19)21-23-9-6-10-24-21/h4-10,13,16H,11-12,14H2,1-3H3/t16-/m1/s1. The van der Waals surface area contributed by atoms with Crippen LogP contribution in [0.5, 0.6) is 0 Å². The van der Waals surface area contributed by atoms with E-state index in [1.54, 1.807) is 23.5 Å². The predicted octanol–water partition coefficient (Wildman–Crippen LogP) is 2.83. The summed E-state index contributed by atoms with van der Waals surface area (Å²) < 4.78 is 0. The zero-order valence-corrected chi connectivity index (χ0v) is 17.3. The van der Waals surface area contributed by atoms with Crippen molar-refractivity contribution in [3.8, 4) is 11.4 Å². The van der Waals surface area contributed by atoms with Gasteiger partial charge in [-0.05, 0) is 32.9 Å². The molecule has 30 heavy (non-hydrogen) atoms. The molecule has 0 unspecified atom stereocenters. The molecular formula is C22H24N6O2. The average Bonchev–Trinajstić information content (AvgIpc) is 2.95. The number of rotatable bonds is 3. The number of amides is 1. The fourth-order valence-electron chi connectivity index (χ4n) is 3.54. The molecule has 0 saturated carbocycles. The van der Waals surface area contributed by atoms with Gasteiger partial charge in [0.15, 0.2) is 11.6 Å². The molecule has 0 radical (unpaired) electrons. The van der Waals surface area contributed by atoms with Gasteiger partial charge in [-0.15, -0.1) is 0 Å². The van der Waals surface area contributed by atoms with E-state index in [0.717, 1.165) is 11.3 Å². The summed E-state index contributed by atoms with van der Waals surface area (Å²) in [4.78, 5) is 38.7. The van der Waals surface area contributed by atoms with Crippen LogP contribution in [-0.2, 0) is 4.84 Å². The molecular weight excluding hydrogens is 380 g/mol. The van der Waals surface area contributed by atoms with Crippen LogP contribution in [0.15, 0.2) is 48.8 Å². The highest BCUT2D eigenvalue weighted by Crippen LogP contribution is 2.24. The van der Waals surface area contributed by atoms with E-state index in [2.05, 4.69) is 19.9 Å². The number of hydrogen-bond donors (Lipinski definition) is 0. The Labute approximate surface area is 175 Å². The van der Waals surface area contributed by atoms with Gasteiger partial charge in [-0.3, -0.25) is 9.63 Å². The second-order valence-corrected chi connectivity index (χ2v) is 7.28. The molecule has 1 aliphatic rings. The van der Waals surface area contributed by atoms with Crippen LogP contribution in [0.4, 0.5) is 5.82 Å². The lowest BCUT2D eigenvalue weighted by Crippen LogP contribution is -2.41. The summed E-state index contributed by atoms with van der Waals surface area (Å²) in [6.45, 7) is 7.16. The summed E-state index contributed by atoms with van der Waals surface area (Å²) in [6.07, 6.45) is 3.35. The van der Waals surface area contributed by atoms with Crippen molar-refractivity contribution in [3.63, 3.8) is 0 Å². The zero-order valence-electron chi connectivity index (χ0n) is 17.3. The van der Waals surface area contributed by atoms with E-state index >= 15 is 0 Å². The van der Waals surface area contributed by atoms with Crippen LogP contribution in [-0.4, -0.2) is 56.5 Å². The largest absolute Gasteiger partial charge is 0.332 e. The lowest BCUT2D eigenvalue weighted by atomic mass is 10.0. The molecule has 3 heterocycles. The molecule has 1 saturated heterocycles. The summed E-state index contributed by atoms with van der Waals surface area (Å²) in [5, 5.41) is 1.75. The monoisotopic (exact) mass is 404 g/mol. The number of benzene rings is 1. The molecule has 4 rings (SSSR count). The zero-order chi connectivity index (χ0) is 21.1. The van der Waals surface area contributed by atoms with Crippen LogP contribution in [0.25, 0.3) is 11.4 Å².